The van der Waals surface area contributed by atoms with Gasteiger partial charge < -0.3 is 15.0 Å². The first-order valence-electron chi connectivity index (χ1n) is 8.73. The van der Waals surface area contributed by atoms with Crippen molar-refractivity contribution in [2.75, 3.05) is 27.2 Å². The summed E-state index contributed by atoms with van der Waals surface area (Å²) in [4.78, 5) is 36.4. The van der Waals surface area contributed by atoms with Gasteiger partial charge in [-0.15, -0.1) is 0 Å². The first-order valence-corrected chi connectivity index (χ1v) is 8.73. The maximum atomic E-state index is 12.1. The van der Waals surface area contributed by atoms with Gasteiger partial charge in [-0.05, 0) is 36.5 Å². The van der Waals surface area contributed by atoms with E-state index in [-0.39, 0.29) is 19.1 Å². The van der Waals surface area contributed by atoms with Crippen LogP contribution >= 0.6 is 0 Å². The van der Waals surface area contributed by atoms with Crippen LogP contribution in [-0.4, -0.2) is 49.9 Å². The number of rotatable bonds is 6. The van der Waals surface area contributed by atoms with Crippen LogP contribution in [0.1, 0.15) is 53.9 Å². The maximum Gasteiger partial charge on any atom is 0.338 e. The molecule has 2 amide bonds. The first-order chi connectivity index (χ1) is 12.0. The molecule has 0 heterocycles. The van der Waals surface area contributed by atoms with E-state index in [0.29, 0.717) is 11.5 Å². The van der Waals surface area contributed by atoms with Crippen molar-refractivity contribution < 1.29 is 19.1 Å². The summed E-state index contributed by atoms with van der Waals surface area (Å²) < 4.78 is 5.05. The summed E-state index contributed by atoms with van der Waals surface area (Å²) in [5.41, 5.74) is 1.69. The smallest absolute Gasteiger partial charge is 0.338 e. The monoisotopic (exact) mass is 346 g/mol. The molecule has 1 aromatic carbocycles. The quantitative estimate of drug-likeness (QED) is 0.801. The molecule has 136 valence electrons. The molecule has 0 radical (unpaired) electrons. The van der Waals surface area contributed by atoms with Crippen molar-refractivity contribution in [1.29, 1.82) is 0 Å². The third-order valence-corrected chi connectivity index (χ3v) is 4.64. The molecule has 1 fully saturated rings. The second-order valence-corrected chi connectivity index (χ2v) is 6.46. The fourth-order valence-electron chi connectivity index (χ4n) is 3.03. The van der Waals surface area contributed by atoms with E-state index in [2.05, 4.69) is 5.32 Å². The van der Waals surface area contributed by atoms with Gasteiger partial charge in [-0.3, -0.25) is 9.59 Å². The van der Waals surface area contributed by atoms with Crippen LogP contribution in [0.5, 0.6) is 0 Å². The Labute approximate surface area is 148 Å². The zero-order chi connectivity index (χ0) is 18.2. The summed E-state index contributed by atoms with van der Waals surface area (Å²) in [7, 11) is 2.99. The van der Waals surface area contributed by atoms with E-state index in [4.69, 9.17) is 4.74 Å². The predicted octanol–water partition coefficient (Wildman–Crippen LogP) is 2.10. The predicted molar refractivity (Wildman–Crippen MR) is 94.3 cm³/mol. The van der Waals surface area contributed by atoms with Crippen molar-refractivity contribution in [2.24, 2.45) is 0 Å². The topological polar surface area (TPSA) is 75.7 Å². The largest absolute Gasteiger partial charge is 0.452 e. The molecule has 1 saturated carbocycles. The van der Waals surface area contributed by atoms with Crippen molar-refractivity contribution in [3.63, 3.8) is 0 Å². The number of nitrogens with one attached hydrogen (secondary N) is 1. The number of esters is 1. The number of ether oxygens (including phenoxy) is 1. The molecular weight excluding hydrogens is 320 g/mol. The van der Waals surface area contributed by atoms with Crippen LogP contribution in [-0.2, 0) is 14.3 Å². The van der Waals surface area contributed by atoms with Crippen LogP contribution < -0.4 is 5.32 Å². The molecule has 25 heavy (non-hydrogen) atoms. The van der Waals surface area contributed by atoms with Crippen LogP contribution in [0.25, 0.3) is 0 Å². The highest BCUT2D eigenvalue weighted by atomic mass is 16.5. The second-order valence-electron chi connectivity index (χ2n) is 6.46. The highest BCUT2D eigenvalue weighted by molar-refractivity contribution is 5.92. The Hall–Kier alpha value is -2.37. The zero-order valence-electron chi connectivity index (χ0n) is 14.9. The Balaban J connectivity index is 1.84. The van der Waals surface area contributed by atoms with Crippen LogP contribution in [0.3, 0.4) is 0 Å². The number of carbonyl (C=O) groups excluding carboxylic acids is 3. The lowest BCUT2D eigenvalue weighted by atomic mass is 9.84. The molecule has 1 aromatic rings. The first kappa shape index (κ1) is 19.0. The second kappa shape index (κ2) is 9.20. The van der Waals surface area contributed by atoms with E-state index in [1.54, 1.807) is 12.1 Å². The fraction of sp³-hybridized carbons (Fsp3) is 0.526. The lowest BCUT2D eigenvalue weighted by molar-refractivity contribution is -0.137. The Morgan fingerprint density at radius 3 is 2.36 bits per heavy atom. The van der Waals surface area contributed by atoms with Gasteiger partial charge in [0, 0.05) is 14.1 Å². The lowest BCUT2D eigenvalue weighted by Gasteiger charge is -2.22. The SMILES string of the molecule is CNC(=O)CN(C)C(=O)COC(=O)c1ccc(C2CCCCC2)cc1. The van der Waals surface area contributed by atoms with E-state index < -0.39 is 11.9 Å². The van der Waals surface area contributed by atoms with Gasteiger partial charge in [0.2, 0.25) is 5.91 Å². The third-order valence-electron chi connectivity index (χ3n) is 4.64. The molecule has 6 heteroatoms. The summed E-state index contributed by atoms with van der Waals surface area (Å²) in [6, 6.07) is 7.47. The number of benzene rings is 1. The number of amides is 2. The molecule has 0 spiro atoms. The van der Waals surface area contributed by atoms with Crippen LogP contribution in [0, 0.1) is 0 Å². The number of likely N-dealkylation sites (N-methyl/N-ethyl adjacent to an activating group) is 2. The van der Waals surface area contributed by atoms with Gasteiger partial charge >= 0.3 is 5.97 Å². The van der Waals surface area contributed by atoms with Crippen molar-refractivity contribution in [1.82, 2.24) is 10.2 Å². The number of hydrogen-bond acceptors (Lipinski definition) is 4. The van der Waals surface area contributed by atoms with E-state index in [1.807, 2.05) is 12.1 Å². The summed E-state index contributed by atoms with van der Waals surface area (Å²) in [6.45, 7) is -0.445. The van der Waals surface area contributed by atoms with Crippen molar-refractivity contribution in [2.45, 2.75) is 38.0 Å². The van der Waals surface area contributed by atoms with Gasteiger partial charge in [0.05, 0.1) is 12.1 Å². The van der Waals surface area contributed by atoms with E-state index >= 15 is 0 Å². The van der Waals surface area contributed by atoms with E-state index in [0.717, 1.165) is 0 Å². The molecule has 1 aliphatic rings. The van der Waals surface area contributed by atoms with Gasteiger partial charge in [-0.2, -0.15) is 0 Å². The van der Waals surface area contributed by atoms with Crippen molar-refractivity contribution in [3.8, 4) is 0 Å². The lowest BCUT2D eigenvalue weighted by Crippen LogP contribution is -2.39. The normalized spacial score (nSPS) is 14.6. The highest BCUT2D eigenvalue weighted by Crippen LogP contribution is 2.32. The van der Waals surface area contributed by atoms with Crippen LogP contribution in [0.2, 0.25) is 0 Å². The number of carbonyl (C=O) groups is 3. The molecule has 1 aliphatic carbocycles. The minimum Gasteiger partial charge on any atom is -0.452 e. The molecule has 0 aromatic heterocycles. The molecular formula is C19H26N2O4. The summed E-state index contributed by atoms with van der Waals surface area (Å²) in [5.74, 6) is -0.646. The Bertz CT molecular complexity index is 606. The Kier molecular flexibility index (Phi) is 6.98. The summed E-state index contributed by atoms with van der Waals surface area (Å²) >= 11 is 0. The molecule has 2 rings (SSSR count). The maximum absolute atomic E-state index is 12.1. The molecule has 0 aliphatic heterocycles. The molecule has 1 N–H and O–H groups in total. The minimum absolute atomic E-state index is 0.0665. The van der Waals surface area contributed by atoms with Gasteiger partial charge in [0.15, 0.2) is 6.61 Å². The Morgan fingerprint density at radius 2 is 1.76 bits per heavy atom. The molecule has 0 saturated heterocycles. The van der Waals surface area contributed by atoms with Crippen LogP contribution in [0.15, 0.2) is 24.3 Å². The van der Waals surface area contributed by atoms with Gasteiger partial charge in [-0.25, -0.2) is 4.79 Å². The average molecular weight is 346 g/mol. The van der Waals surface area contributed by atoms with Gasteiger partial charge in [-0.1, -0.05) is 31.4 Å². The summed E-state index contributed by atoms with van der Waals surface area (Å²) in [5, 5.41) is 2.43. The average Bonchev–Trinajstić information content (AvgIpc) is 2.66. The van der Waals surface area contributed by atoms with Crippen molar-refractivity contribution >= 4 is 17.8 Å². The molecule has 0 unspecified atom stereocenters. The Morgan fingerprint density at radius 1 is 1.12 bits per heavy atom. The van der Waals surface area contributed by atoms with Gasteiger partial charge in [0.25, 0.3) is 5.91 Å². The molecule has 0 bridgehead atoms. The van der Waals surface area contributed by atoms with Crippen LogP contribution in [0.4, 0.5) is 0 Å². The number of hydrogen-bond donors (Lipinski definition) is 1. The van der Waals surface area contributed by atoms with E-state index in [1.165, 1.54) is 56.7 Å². The standard InChI is InChI=1S/C19H26N2O4/c1-20-17(22)12-21(2)18(23)13-25-19(24)16-10-8-15(9-11-16)14-6-4-3-5-7-14/h8-11,14H,3-7,12-13H2,1-2H3,(H,20,22). The zero-order valence-corrected chi connectivity index (χ0v) is 14.9. The molecule has 6 nitrogen and oxygen atoms in total. The highest BCUT2D eigenvalue weighted by Gasteiger charge is 2.18. The van der Waals surface area contributed by atoms with Crippen molar-refractivity contribution in [3.05, 3.63) is 35.4 Å². The van der Waals surface area contributed by atoms with Gasteiger partial charge in [0.1, 0.15) is 0 Å². The third kappa shape index (κ3) is 5.59. The number of nitrogens with zero attached hydrogens (tertiary/aromatic N) is 1. The molecule has 0 atom stereocenters. The van der Waals surface area contributed by atoms with E-state index in [9.17, 15) is 14.4 Å². The fourth-order valence-corrected chi connectivity index (χ4v) is 3.03. The summed E-state index contributed by atoms with van der Waals surface area (Å²) in [6.07, 6.45) is 6.25. The minimum atomic E-state index is -0.531.